The number of amides is 1. The number of para-hydroxylation sites is 2. The highest BCUT2D eigenvalue weighted by molar-refractivity contribution is 6.42. The molecule has 2 N–H and O–H groups in total. The lowest BCUT2D eigenvalue weighted by molar-refractivity contribution is 0.102. The van der Waals surface area contributed by atoms with E-state index in [1.165, 1.54) is 7.11 Å². The molecule has 0 saturated heterocycles. The fourth-order valence-corrected chi connectivity index (χ4v) is 2.47. The van der Waals surface area contributed by atoms with E-state index in [0.717, 1.165) is 0 Å². The number of ether oxygens (including phenoxy) is 1. The number of nitrogens with one attached hydrogen (secondary N) is 2. The Kier molecular flexibility index (Phi) is 5.55. The summed E-state index contributed by atoms with van der Waals surface area (Å²) in [5.74, 6) is 0.645. The zero-order valence-electron chi connectivity index (χ0n) is 13.7. The number of anilines is 3. The summed E-state index contributed by atoms with van der Waals surface area (Å²) < 4.78 is 5.20. The zero-order valence-corrected chi connectivity index (χ0v) is 15.2. The van der Waals surface area contributed by atoms with Crippen molar-refractivity contribution >= 4 is 46.3 Å². The summed E-state index contributed by atoms with van der Waals surface area (Å²) in [6, 6.07) is 15.4. The molecule has 0 atom stereocenters. The number of carbonyl (C=O) groups excluding carboxylic acids is 1. The van der Waals surface area contributed by atoms with Crippen LogP contribution in [0.3, 0.4) is 0 Å². The van der Waals surface area contributed by atoms with Crippen LogP contribution in [0.2, 0.25) is 10.0 Å². The van der Waals surface area contributed by atoms with Crippen molar-refractivity contribution in [1.29, 1.82) is 0 Å². The molecular formula is C18H14Cl2N4O2. The standard InChI is InChI=1S/C18H14Cl2N4O2/c1-26-16-5-3-2-4-14(16)22-18(25)15-8-9-17(24-23-15)21-11-6-7-12(19)13(20)10-11/h2-10H,1H3,(H,21,24)(H,22,25). The number of aromatic nitrogens is 2. The van der Waals surface area contributed by atoms with Gasteiger partial charge in [0.1, 0.15) is 5.75 Å². The zero-order chi connectivity index (χ0) is 18.5. The Morgan fingerprint density at radius 3 is 2.50 bits per heavy atom. The Morgan fingerprint density at radius 2 is 1.81 bits per heavy atom. The number of methoxy groups -OCH3 is 1. The van der Waals surface area contributed by atoms with Crippen LogP contribution in [0.15, 0.2) is 54.6 Å². The number of hydrogen-bond donors (Lipinski definition) is 2. The minimum atomic E-state index is -0.386. The maximum Gasteiger partial charge on any atom is 0.276 e. The molecule has 6 nitrogen and oxygen atoms in total. The second-order valence-electron chi connectivity index (χ2n) is 5.21. The summed E-state index contributed by atoms with van der Waals surface area (Å²) >= 11 is 11.9. The van der Waals surface area contributed by atoms with E-state index in [0.29, 0.717) is 33.0 Å². The van der Waals surface area contributed by atoms with Gasteiger partial charge in [-0.05, 0) is 42.5 Å². The molecule has 1 amide bonds. The van der Waals surface area contributed by atoms with Gasteiger partial charge in [0.25, 0.3) is 5.91 Å². The van der Waals surface area contributed by atoms with Gasteiger partial charge in [0.2, 0.25) is 0 Å². The molecule has 0 bridgehead atoms. The van der Waals surface area contributed by atoms with Crippen LogP contribution < -0.4 is 15.4 Å². The molecule has 3 aromatic rings. The summed E-state index contributed by atoms with van der Waals surface area (Å²) in [5.41, 5.74) is 1.44. The van der Waals surface area contributed by atoms with E-state index in [1.54, 1.807) is 48.5 Å². The normalized spacial score (nSPS) is 10.3. The predicted molar refractivity (Wildman–Crippen MR) is 103 cm³/mol. The third kappa shape index (κ3) is 4.22. The molecule has 132 valence electrons. The number of halogens is 2. The van der Waals surface area contributed by atoms with E-state index in [1.807, 2.05) is 6.07 Å². The predicted octanol–water partition coefficient (Wildman–Crippen LogP) is 4.79. The first kappa shape index (κ1) is 18.0. The van der Waals surface area contributed by atoms with Crippen LogP contribution in [-0.4, -0.2) is 23.2 Å². The maximum atomic E-state index is 12.3. The van der Waals surface area contributed by atoms with E-state index >= 15 is 0 Å². The smallest absolute Gasteiger partial charge is 0.276 e. The van der Waals surface area contributed by atoms with Gasteiger partial charge in [0, 0.05) is 5.69 Å². The molecule has 0 fully saturated rings. The van der Waals surface area contributed by atoms with Gasteiger partial charge in [0.05, 0.1) is 22.8 Å². The molecule has 0 aliphatic heterocycles. The lowest BCUT2D eigenvalue weighted by Crippen LogP contribution is -2.15. The molecule has 0 aliphatic carbocycles. The average Bonchev–Trinajstić information content (AvgIpc) is 2.66. The first-order chi connectivity index (χ1) is 12.6. The highest BCUT2D eigenvalue weighted by atomic mass is 35.5. The van der Waals surface area contributed by atoms with E-state index in [2.05, 4.69) is 20.8 Å². The molecule has 0 spiro atoms. The van der Waals surface area contributed by atoms with Crippen LogP contribution in [0, 0.1) is 0 Å². The van der Waals surface area contributed by atoms with Crippen LogP contribution in [-0.2, 0) is 0 Å². The van der Waals surface area contributed by atoms with Gasteiger partial charge in [-0.25, -0.2) is 0 Å². The lowest BCUT2D eigenvalue weighted by atomic mass is 10.2. The molecule has 26 heavy (non-hydrogen) atoms. The van der Waals surface area contributed by atoms with Gasteiger partial charge < -0.3 is 15.4 Å². The largest absolute Gasteiger partial charge is 0.495 e. The number of hydrogen-bond acceptors (Lipinski definition) is 5. The van der Waals surface area contributed by atoms with Crippen LogP contribution >= 0.6 is 23.2 Å². The Balaban J connectivity index is 1.70. The Labute approximate surface area is 160 Å². The first-order valence-corrected chi connectivity index (χ1v) is 8.32. The fourth-order valence-electron chi connectivity index (χ4n) is 2.18. The molecule has 0 radical (unpaired) electrons. The molecular weight excluding hydrogens is 375 g/mol. The van der Waals surface area contributed by atoms with Crippen LogP contribution in [0.25, 0.3) is 0 Å². The van der Waals surface area contributed by atoms with Crippen LogP contribution in [0.1, 0.15) is 10.5 Å². The third-order valence-electron chi connectivity index (χ3n) is 3.44. The molecule has 2 aromatic carbocycles. The van der Waals surface area contributed by atoms with E-state index in [4.69, 9.17) is 27.9 Å². The van der Waals surface area contributed by atoms with Crippen molar-refractivity contribution in [2.45, 2.75) is 0 Å². The Morgan fingerprint density at radius 1 is 1.00 bits per heavy atom. The summed E-state index contributed by atoms with van der Waals surface area (Å²) in [6.45, 7) is 0. The van der Waals surface area contributed by atoms with E-state index in [9.17, 15) is 4.79 Å². The molecule has 3 rings (SSSR count). The van der Waals surface area contributed by atoms with Gasteiger partial charge in [0.15, 0.2) is 11.5 Å². The second-order valence-corrected chi connectivity index (χ2v) is 6.03. The highest BCUT2D eigenvalue weighted by Crippen LogP contribution is 2.26. The van der Waals surface area contributed by atoms with Crippen molar-refractivity contribution in [2.24, 2.45) is 0 Å². The van der Waals surface area contributed by atoms with Crippen LogP contribution in [0.5, 0.6) is 5.75 Å². The van der Waals surface area contributed by atoms with E-state index < -0.39 is 0 Å². The SMILES string of the molecule is COc1ccccc1NC(=O)c1ccc(Nc2ccc(Cl)c(Cl)c2)nn1. The quantitative estimate of drug-likeness (QED) is 0.656. The monoisotopic (exact) mass is 388 g/mol. The molecule has 8 heteroatoms. The van der Waals surface area contributed by atoms with Gasteiger partial charge in [-0.1, -0.05) is 35.3 Å². The van der Waals surface area contributed by atoms with Gasteiger partial charge in [-0.2, -0.15) is 0 Å². The van der Waals surface area contributed by atoms with Crippen molar-refractivity contribution in [1.82, 2.24) is 10.2 Å². The van der Waals surface area contributed by atoms with Crippen LogP contribution in [0.4, 0.5) is 17.2 Å². The van der Waals surface area contributed by atoms with Gasteiger partial charge >= 0.3 is 0 Å². The topological polar surface area (TPSA) is 76.1 Å². The van der Waals surface area contributed by atoms with E-state index in [-0.39, 0.29) is 11.6 Å². The van der Waals surface area contributed by atoms with Crippen molar-refractivity contribution in [2.75, 3.05) is 17.7 Å². The lowest BCUT2D eigenvalue weighted by Gasteiger charge is -2.09. The third-order valence-corrected chi connectivity index (χ3v) is 4.18. The minimum absolute atomic E-state index is 0.176. The molecule has 0 unspecified atom stereocenters. The molecule has 0 aliphatic rings. The van der Waals surface area contributed by atoms with Crippen molar-refractivity contribution in [3.8, 4) is 5.75 Å². The van der Waals surface area contributed by atoms with Crippen molar-refractivity contribution < 1.29 is 9.53 Å². The van der Waals surface area contributed by atoms with Gasteiger partial charge in [-0.3, -0.25) is 4.79 Å². The second kappa shape index (κ2) is 8.03. The minimum Gasteiger partial charge on any atom is -0.495 e. The average molecular weight is 389 g/mol. The number of rotatable bonds is 5. The van der Waals surface area contributed by atoms with Crippen molar-refractivity contribution in [3.05, 3.63) is 70.3 Å². The Hall–Kier alpha value is -2.83. The summed E-state index contributed by atoms with van der Waals surface area (Å²) in [4.78, 5) is 12.3. The molecule has 1 aromatic heterocycles. The molecule has 1 heterocycles. The highest BCUT2D eigenvalue weighted by Gasteiger charge is 2.11. The first-order valence-electron chi connectivity index (χ1n) is 7.57. The number of nitrogens with zero attached hydrogens (tertiary/aromatic N) is 2. The summed E-state index contributed by atoms with van der Waals surface area (Å²) in [6.07, 6.45) is 0. The van der Waals surface area contributed by atoms with Gasteiger partial charge in [-0.15, -0.1) is 10.2 Å². The number of carbonyl (C=O) groups is 1. The number of benzene rings is 2. The Bertz CT molecular complexity index is 933. The van der Waals surface area contributed by atoms with Crippen molar-refractivity contribution in [3.63, 3.8) is 0 Å². The molecule has 0 saturated carbocycles. The summed E-state index contributed by atoms with van der Waals surface area (Å²) in [5, 5.41) is 14.6. The maximum absolute atomic E-state index is 12.3. The summed E-state index contributed by atoms with van der Waals surface area (Å²) in [7, 11) is 1.54. The fraction of sp³-hybridized carbons (Fsp3) is 0.0556.